The third kappa shape index (κ3) is 5.43. The molecule has 0 saturated carbocycles. The van der Waals surface area contributed by atoms with E-state index >= 15 is 0 Å². The molecule has 1 aromatic carbocycles. The van der Waals surface area contributed by atoms with E-state index < -0.39 is 0 Å². The van der Waals surface area contributed by atoms with Crippen molar-refractivity contribution in [2.75, 3.05) is 26.9 Å². The first kappa shape index (κ1) is 17.0. The number of carbonyl (C=O) groups is 1. The fourth-order valence-electron chi connectivity index (χ4n) is 2.92. The molecule has 0 heterocycles. The summed E-state index contributed by atoms with van der Waals surface area (Å²) < 4.78 is 10.3. The maximum absolute atomic E-state index is 12.1. The average Bonchev–Trinajstić information content (AvgIpc) is 2.73. The molecular formula is C18H27NO3. The zero-order valence-electron chi connectivity index (χ0n) is 13.5. The fraction of sp³-hybridized carbons (Fsp3) is 0.611. The first-order chi connectivity index (χ1) is 10.8. The molecule has 4 heteroatoms. The summed E-state index contributed by atoms with van der Waals surface area (Å²) in [4.78, 5) is 12.1. The third-order valence-electron chi connectivity index (χ3n) is 4.08. The zero-order valence-corrected chi connectivity index (χ0v) is 13.5. The molecule has 1 aliphatic rings. The summed E-state index contributed by atoms with van der Waals surface area (Å²) in [6.45, 7) is 1.80. The molecule has 22 heavy (non-hydrogen) atoms. The molecule has 0 aliphatic heterocycles. The highest BCUT2D eigenvalue weighted by Gasteiger charge is 2.19. The van der Waals surface area contributed by atoms with E-state index in [-0.39, 0.29) is 11.9 Å². The van der Waals surface area contributed by atoms with Crippen LogP contribution < -0.4 is 5.32 Å². The summed E-state index contributed by atoms with van der Waals surface area (Å²) in [5.74, 6) is 0.122. The maximum atomic E-state index is 12.1. The van der Waals surface area contributed by atoms with Gasteiger partial charge in [0.1, 0.15) is 0 Å². The van der Waals surface area contributed by atoms with Gasteiger partial charge in [-0.25, -0.2) is 0 Å². The van der Waals surface area contributed by atoms with Crippen molar-refractivity contribution in [3.63, 3.8) is 0 Å². The third-order valence-corrected chi connectivity index (χ3v) is 4.08. The SMILES string of the molecule is COCCOCCCC(=O)N[C@H]1CCCCc2ccccc21. The minimum atomic E-state index is 0.122. The van der Waals surface area contributed by atoms with E-state index in [1.165, 1.54) is 24.0 Å². The van der Waals surface area contributed by atoms with Crippen LogP contribution in [0, 0.1) is 0 Å². The van der Waals surface area contributed by atoms with Crippen LogP contribution >= 0.6 is 0 Å². The topological polar surface area (TPSA) is 47.6 Å². The van der Waals surface area contributed by atoms with Crippen LogP contribution in [0.15, 0.2) is 24.3 Å². The minimum absolute atomic E-state index is 0.122. The highest BCUT2D eigenvalue weighted by atomic mass is 16.5. The van der Waals surface area contributed by atoms with Crippen LogP contribution in [0.2, 0.25) is 0 Å². The lowest BCUT2D eigenvalue weighted by Crippen LogP contribution is -2.28. The highest BCUT2D eigenvalue weighted by molar-refractivity contribution is 5.76. The molecular weight excluding hydrogens is 278 g/mol. The predicted octanol–water partition coefficient (Wildman–Crippen LogP) is 3.01. The molecule has 2 rings (SSSR count). The number of benzene rings is 1. The Morgan fingerprint density at radius 1 is 1.23 bits per heavy atom. The summed E-state index contributed by atoms with van der Waals surface area (Å²) in [7, 11) is 1.65. The van der Waals surface area contributed by atoms with Gasteiger partial charge >= 0.3 is 0 Å². The lowest BCUT2D eigenvalue weighted by atomic mass is 9.99. The van der Waals surface area contributed by atoms with Crippen LogP contribution in [0.4, 0.5) is 0 Å². The van der Waals surface area contributed by atoms with E-state index in [1.807, 2.05) is 0 Å². The van der Waals surface area contributed by atoms with E-state index in [1.54, 1.807) is 7.11 Å². The number of nitrogens with one attached hydrogen (secondary N) is 1. The number of rotatable bonds is 8. The van der Waals surface area contributed by atoms with E-state index in [4.69, 9.17) is 9.47 Å². The van der Waals surface area contributed by atoms with Gasteiger partial charge in [-0.05, 0) is 36.8 Å². The van der Waals surface area contributed by atoms with Crippen LogP contribution in [0.25, 0.3) is 0 Å². The summed E-state index contributed by atoms with van der Waals surface area (Å²) in [6.07, 6.45) is 5.80. The number of fused-ring (bicyclic) bond motifs is 1. The average molecular weight is 305 g/mol. The molecule has 0 fully saturated rings. The van der Waals surface area contributed by atoms with Crippen LogP contribution in [0.5, 0.6) is 0 Å². The van der Waals surface area contributed by atoms with Crippen molar-refractivity contribution in [2.24, 2.45) is 0 Å². The Labute approximate surface area is 133 Å². The van der Waals surface area contributed by atoms with Crippen molar-refractivity contribution in [1.82, 2.24) is 5.32 Å². The first-order valence-corrected chi connectivity index (χ1v) is 8.25. The Kier molecular flexibility index (Phi) is 7.40. The van der Waals surface area contributed by atoms with Crippen molar-refractivity contribution in [2.45, 2.75) is 44.6 Å². The monoisotopic (exact) mass is 305 g/mol. The molecule has 0 saturated heterocycles. The van der Waals surface area contributed by atoms with Gasteiger partial charge in [0.05, 0.1) is 19.3 Å². The van der Waals surface area contributed by atoms with E-state index in [9.17, 15) is 4.79 Å². The first-order valence-electron chi connectivity index (χ1n) is 8.25. The van der Waals surface area contributed by atoms with Crippen molar-refractivity contribution < 1.29 is 14.3 Å². The molecule has 1 aliphatic carbocycles. The molecule has 122 valence electrons. The highest BCUT2D eigenvalue weighted by Crippen LogP contribution is 2.28. The Bertz CT molecular complexity index is 461. The van der Waals surface area contributed by atoms with Crippen molar-refractivity contribution in [3.05, 3.63) is 35.4 Å². The fourth-order valence-corrected chi connectivity index (χ4v) is 2.92. The van der Waals surface area contributed by atoms with Gasteiger partial charge in [0.2, 0.25) is 5.91 Å². The Morgan fingerprint density at radius 3 is 2.95 bits per heavy atom. The van der Waals surface area contributed by atoms with Gasteiger partial charge in [-0.1, -0.05) is 30.7 Å². The number of carbonyl (C=O) groups excluding carboxylic acids is 1. The van der Waals surface area contributed by atoms with Gasteiger partial charge in [0, 0.05) is 20.1 Å². The molecule has 0 spiro atoms. The standard InChI is InChI=1S/C18H27NO3/c1-21-13-14-22-12-6-11-18(20)19-17-10-5-3-8-15-7-2-4-9-16(15)17/h2,4,7,9,17H,3,5-6,8,10-14H2,1H3,(H,19,20)/t17-/m0/s1. The van der Waals surface area contributed by atoms with E-state index in [0.29, 0.717) is 26.2 Å². The van der Waals surface area contributed by atoms with Crippen LogP contribution in [0.3, 0.4) is 0 Å². The molecule has 1 atom stereocenters. The van der Waals surface area contributed by atoms with Crippen LogP contribution in [0.1, 0.15) is 49.3 Å². The van der Waals surface area contributed by atoms with Crippen molar-refractivity contribution >= 4 is 5.91 Å². The van der Waals surface area contributed by atoms with E-state index in [2.05, 4.69) is 29.6 Å². The van der Waals surface area contributed by atoms with Crippen LogP contribution in [-0.2, 0) is 20.7 Å². The summed E-state index contributed by atoms with van der Waals surface area (Å²) >= 11 is 0. The second-order valence-corrected chi connectivity index (χ2v) is 5.77. The van der Waals surface area contributed by atoms with Gasteiger partial charge in [0.15, 0.2) is 0 Å². The summed E-state index contributed by atoms with van der Waals surface area (Å²) in [5.41, 5.74) is 2.68. The second kappa shape index (κ2) is 9.59. The molecule has 0 radical (unpaired) electrons. The van der Waals surface area contributed by atoms with Crippen molar-refractivity contribution in [3.8, 4) is 0 Å². The van der Waals surface area contributed by atoms with E-state index in [0.717, 1.165) is 19.3 Å². The minimum Gasteiger partial charge on any atom is -0.382 e. The Hall–Kier alpha value is -1.39. The molecule has 4 nitrogen and oxygen atoms in total. The zero-order chi connectivity index (χ0) is 15.6. The quantitative estimate of drug-likeness (QED) is 0.593. The number of methoxy groups -OCH3 is 1. The predicted molar refractivity (Wildman–Crippen MR) is 86.8 cm³/mol. The van der Waals surface area contributed by atoms with Gasteiger partial charge in [0.25, 0.3) is 0 Å². The number of hydrogen-bond donors (Lipinski definition) is 1. The Balaban J connectivity index is 1.76. The number of ether oxygens (including phenoxy) is 2. The molecule has 1 amide bonds. The second-order valence-electron chi connectivity index (χ2n) is 5.77. The molecule has 0 unspecified atom stereocenters. The van der Waals surface area contributed by atoms with Gasteiger partial charge in [-0.3, -0.25) is 4.79 Å². The number of aryl methyl sites for hydroxylation is 1. The molecule has 1 aromatic rings. The maximum Gasteiger partial charge on any atom is 0.220 e. The summed E-state index contributed by atoms with van der Waals surface area (Å²) in [5, 5.41) is 3.20. The van der Waals surface area contributed by atoms with Gasteiger partial charge in [-0.15, -0.1) is 0 Å². The lowest BCUT2D eigenvalue weighted by molar-refractivity contribution is -0.122. The summed E-state index contributed by atoms with van der Waals surface area (Å²) in [6, 6.07) is 8.65. The Morgan fingerprint density at radius 2 is 2.09 bits per heavy atom. The largest absolute Gasteiger partial charge is 0.382 e. The van der Waals surface area contributed by atoms with Gasteiger partial charge < -0.3 is 14.8 Å². The number of amides is 1. The molecule has 0 aromatic heterocycles. The van der Waals surface area contributed by atoms with Crippen LogP contribution in [-0.4, -0.2) is 32.8 Å². The molecule has 1 N–H and O–H groups in total. The van der Waals surface area contributed by atoms with Gasteiger partial charge in [-0.2, -0.15) is 0 Å². The smallest absolute Gasteiger partial charge is 0.220 e. The van der Waals surface area contributed by atoms with Crippen molar-refractivity contribution in [1.29, 1.82) is 0 Å². The number of hydrogen-bond acceptors (Lipinski definition) is 3. The molecule has 0 bridgehead atoms. The lowest BCUT2D eigenvalue weighted by Gasteiger charge is -2.19. The normalized spacial score (nSPS) is 17.6.